The van der Waals surface area contributed by atoms with Crippen LogP contribution in [0.4, 0.5) is 5.69 Å². The zero-order valence-corrected chi connectivity index (χ0v) is 14.1. The van der Waals surface area contributed by atoms with Gasteiger partial charge in [-0.05, 0) is 30.2 Å². The van der Waals surface area contributed by atoms with Gasteiger partial charge in [0.15, 0.2) is 0 Å². The van der Waals surface area contributed by atoms with Crippen LogP contribution >= 0.6 is 0 Å². The molecule has 2 aromatic carbocycles. The summed E-state index contributed by atoms with van der Waals surface area (Å²) in [7, 11) is 0. The van der Waals surface area contributed by atoms with E-state index in [-0.39, 0.29) is 12.5 Å². The molecule has 1 fully saturated rings. The van der Waals surface area contributed by atoms with Gasteiger partial charge < -0.3 is 14.5 Å². The van der Waals surface area contributed by atoms with Crippen molar-refractivity contribution in [2.24, 2.45) is 0 Å². The van der Waals surface area contributed by atoms with Gasteiger partial charge in [0.1, 0.15) is 6.61 Å². The Labute approximate surface area is 143 Å². The highest BCUT2D eigenvalue weighted by molar-refractivity contribution is 5.77. The Morgan fingerprint density at radius 1 is 1.00 bits per heavy atom. The van der Waals surface area contributed by atoms with E-state index in [9.17, 15) is 4.79 Å². The minimum Gasteiger partial charge on any atom is -0.368 e. The maximum Gasteiger partial charge on any atom is 0.248 e. The van der Waals surface area contributed by atoms with Gasteiger partial charge in [0.25, 0.3) is 0 Å². The molecule has 0 radical (unpaired) electrons. The number of benzene rings is 2. The zero-order valence-electron chi connectivity index (χ0n) is 14.1. The number of hydrogen-bond acceptors (Lipinski definition) is 3. The predicted molar refractivity (Wildman–Crippen MR) is 96.1 cm³/mol. The molecule has 1 amide bonds. The first-order valence-corrected chi connectivity index (χ1v) is 8.43. The van der Waals surface area contributed by atoms with Crippen LogP contribution in [0, 0.1) is 6.92 Å². The molecule has 0 saturated carbocycles. The van der Waals surface area contributed by atoms with Gasteiger partial charge in [0.05, 0.1) is 6.61 Å². The molecule has 0 atom stereocenters. The number of carbonyl (C=O) groups excluding carboxylic acids is 1. The van der Waals surface area contributed by atoms with E-state index in [1.807, 2.05) is 35.2 Å². The van der Waals surface area contributed by atoms with E-state index in [0.717, 1.165) is 31.7 Å². The third kappa shape index (κ3) is 4.36. The molecule has 0 spiro atoms. The summed E-state index contributed by atoms with van der Waals surface area (Å²) in [5.41, 5.74) is 3.59. The van der Waals surface area contributed by atoms with Crippen molar-refractivity contribution in [1.82, 2.24) is 4.90 Å². The van der Waals surface area contributed by atoms with Crippen LogP contribution in [0.3, 0.4) is 0 Å². The minimum absolute atomic E-state index is 0.0785. The van der Waals surface area contributed by atoms with Gasteiger partial charge in [-0.2, -0.15) is 0 Å². The molecule has 0 aliphatic carbocycles. The van der Waals surface area contributed by atoms with E-state index < -0.39 is 0 Å². The van der Waals surface area contributed by atoms with Crippen molar-refractivity contribution in [1.29, 1.82) is 0 Å². The Morgan fingerprint density at radius 2 is 1.75 bits per heavy atom. The molecule has 2 aromatic rings. The summed E-state index contributed by atoms with van der Waals surface area (Å²) in [6, 6.07) is 18.5. The van der Waals surface area contributed by atoms with Crippen molar-refractivity contribution in [3.05, 3.63) is 65.7 Å². The number of amides is 1. The number of carbonyl (C=O) groups is 1. The van der Waals surface area contributed by atoms with Gasteiger partial charge >= 0.3 is 0 Å². The standard InChI is InChI=1S/C20H24N2O2/c1-17-6-5-9-19(14-17)21-10-12-22(13-11-21)20(23)16-24-15-18-7-3-2-4-8-18/h2-9,14H,10-13,15-16H2,1H3. The van der Waals surface area contributed by atoms with Crippen molar-refractivity contribution in [3.8, 4) is 0 Å². The first-order chi connectivity index (χ1) is 11.7. The summed E-state index contributed by atoms with van der Waals surface area (Å²) < 4.78 is 5.56. The van der Waals surface area contributed by atoms with Gasteiger partial charge in [0, 0.05) is 31.9 Å². The molecule has 0 aromatic heterocycles. The van der Waals surface area contributed by atoms with Gasteiger partial charge in [-0.25, -0.2) is 0 Å². The smallest absolute Gasteiger partial charge is 0.248 e. The fourth-order valence-corrected chi connectivity index (χ4v) is 2.96. The number of piperazine rings is 1. The van der Waals surface area contributed by atoms with Crippen molar-refractivity contribution >= 4 is 11.6 Å². The summed E-state index contributed by atoms with van der Waals surface area (Å²) >= 11 is 0. The lowest BCUT2D eigenvalue weighted by molar-refractivity contribution is -0.136. The van der Waals surface area contributed by atoms with Crippen molar-refractivity contribution in [2.45, 2.75) is 13.5 Å². The number of rotatable bonds is 5. The molecule has 1 heterocycles. The van der Waals surface area contributed by atoms with Crippen molar-refractivity contribution in [3.63, 3.8) is 0 Å². The summed E-state index contributed by atoms with van der Waals surface area (Å²) in [6.45, 7) is 5.98. The SMILES string of the molecule is Cc1cccc(N2CCN(C(=O)COCc3ccccc3)CC2)c1. The highest BCUT2D eigenvalue weighted by Gasteiger charge is 2.21. The Bertz CT molecular complexity index is 664. The second kappa shape index (κ2) is 7.97. The third-order valence-corrected chi connectivity index (χ3v) is 4.34. The van der Waals surface area contributed by atoms with Gasteiger partial charge in [-0.3, -0.25) is 4.79 Å². The molecule has 0 unspecified atom stereocenters. The number of hydrogen-bond donors (Lipinski definition) is 0. The Morgan fingerprint density at radius 3 is 2.46 bits per heavy atom. The number of nitrogens with zero attached hydrogens (tertiary/aromatic N) is 2. The molecule has 24 heavy (non-hydrogen) atoms. The number of ether oxygens (including phenoxy) is 1. The van der Waals surface area contributed by atoms with Gasteiger partial charge in [0.2, 0.25) is 5.91 Å². The number of aryl methyl sites for hydroxylation is 1. The maximum absolute atomic E-state index is 12.3. The Kier molecular flexibility index (Phi) is 5.49. The lowest BCUT2D eigenvalue weighted by Crippen LogP contribution is -2.49. The van der Waals surface area contributed by atoms with Crippen LogP contribution in [0.2, 0.25) is 0 Å². The molecule has 1 aliphatic rings. The van der Waals surface area contributed by atoms with Crippen LogP contribution in [-0.4, -0.2) is 43.6 Å². The normalized spacial score (nSPS) is 14.7. The molecule has 1 aliphatic heterocycles. The van der Waals surface area contributed by atoms with Crippen LogP contribution in [-0.2, 0) is 16.1 Å². The largest absolute Gasteiger partial charge is 0.368 e. The quantitative estimate of drug-likeness (QED) is 0.848. The number of anilines is 1. The van der Waals surface area contributed by atoms with Crippen molar-refractivity contribution in [2.75, 3.05) is 37.7 Å². The van der Waals surface area contributed by atoms with E-state index in [1.165, 1.54) is 11.3 Å². The first-order valence-electron chi connectivity index (χ1n) is 8.43. The van der Waals surface area contributed by atoms with Crippen LogP contribution in [0.15, 0.2) is 54.6 Å². The molecule has 0 N–H and O–H groups in total. The lowest BCUT2D eigenvalue weighted by Gasteiger charge is -2.36. The molecule has 4 heteroatoms. The fraction of sp³-hybridized carbons (Fsp3) is 0.350. The van der Waals surface area contributed by atoms with Crippen LogP contribution in [0.25, 0.3) is 0 Å². The third-order valence-electron chi connectivity index (χ3n) is 4.34. The van der Waals surface area contributed by atoms with E-state index in [0.29, 0.717) is 6.61 Å². The predicted octanol–water partition coefficient (Wildman–Crippen LogP) is 2.86. The highest BCUT2D eigenvalue weighted by Crippen LogP contribution is 2.17. The molecule has 126 valence electrons. The van der Waals surface area contributed by atoms with Crippen LogP contribution in [0.5, 0.6) is 0 Å². The van der Waals surface area contributed by atoms with E-state index in [4.69, 9.17) is 4.74 Å². The molecule has 3 rings (SSSR count). The van der Waals surface area contributed by atoms with Crippen LogP contribution < -0.4 is 4.90 Å². The molecule has 0 bridgehead atoms. The van der Waals surface area contributed by atoms with E-state index >= 15 is 0 Å². The highest BCUT2D eigenvalue weighted by atomic mass is 16.5. The molecule has 1 saturated heterocycles. The van der Waals surface area contributed by atoms with E-state index in [1.54, 1.807) is 0 Å². The van der Waals surface area contributed by atoms with E-state index in [2.05, 4.69) is 36.1 Å². The first kappa shape index (κ1) is 16.5. The molecule has 4 nitrogen and oxygen atoms in total. The average Bonchev–Trinajstić information content (AvgIpc) is 2.63. The monoisotopic (exact) mass is 324 g/mol. The van der Waals surface area contributed by atoms with Gasteiger partial charge in [-0.1, -0.05) is 42.5 Å². The maximum atomic E-state index is 12.3. The summed E-state index contributed by atoms with van der Waals surface area (Å²) in [4.78, 5) is 16.5. The fourth-order valence-electron chi connectivity index (χ4n) is 2.96. The second-order valence-electron chi connectivity index (χ2n) is 6.19. The zero-order chi connectivity index (χ0) is 16.8. The summed E-state index contributed by atoms with van der Waals surface area (Å²) in [6.07, 6.45) is 0. The van der Waals surface area contributed by atoms with Crippen molar-refractivity contribution < 1.29 is 9.53 Å². The topological polar surface area (TPSA) is 32.8 Å². The summed E-state index contributed by atoms with van der Waals surface area (Å²) in [5.74, 6) is 0.0785. The summed E-state index contributed by atoms with van der Waals surface area (Å²) in [5, 5.41) is 0. The average molecular weight is 324 g/mol. The second-order valence-corrected chi connectivity index (χ2v) is 6.19. The molecular weight excluding hydrogens is 300 g/mol. The van der Waals surface area contributed by atoms with Gasteiger partial charge in [-0.15, -0.1) is 0 Å². The molecular formula is C20H24N2O2. The van der Waals surface area contributed by atoms with Crippen LogP contribution in [0.1, 0.15) is 11.1 Å². The Balaban J connectivity index is 1.43. The Hall–Kier alpha value is -2.33. The lowest BCUT2D eigenvalue weighted by atomic mass is 10.2. The minimum atomic E-state index is 0.0785.